The van der Waals surface area contributed by atoms with Crippen LogP contribution in [-0.2, 0) is 13.0 Å². The van der Waals surface area contributed by atoms with Gasteiger partial charge < -0.3 is 15.2 Å². The number of nitrogens with one attached hydrogen (secondary N) is 2. The van der Waals surface area contributed by atoms with Gasteiger partial charge in [0.25, 0.3) is 11.8 Å². The Balaban J connectivity index is 1.90. The highest BCUT2D eigenvalue weighted by molar-refractivity contribution is 6.30. The monoisotopic (exact) mass is 358 g/mol. The van der Waals surface area contributed by atoms with Gasteiger partial charge in [-0.15, -0.1) is 6.58 Å². The van der Waals surface area contributed by atoms with Crippen molar-refractivity contribution in [3.05, 3.63) is 59.2 Å². The summed E-state index contributed by atoms with van der Waals surface area (Å²) in [6.45, 7) is 4.62. The van der Waals surface area contributed by atoms with E-state index in [0.29, 0.717) is 29.5 Å². The van der Waals surface area contributed by atoms with E-state index in [4.69, 9.17) is 11.6 Å². The third-order valence-electron chi connectivity index (χ3n) is 4.03. The molecule has 1 aromatic carbocycles. The Morgan fingerprint density at radius 1 is 1.32 bits per heavy atom. The van der Waals surface area contributed by atoms with Gasteiger partial charge in [-0.1, -0.05) is 23.7 Å². The summed E-state index contributed by atoms with van der Waals surface area (Å²) in [6, 6.07) is 6.91. The van der Waals surface area contributed by atoms with E-state index in [1.54, 1.807) is 30.3 Å². The predicted molar refractivity (Wildman–Crippen MR) is 97.1 cm³/mol. The van der Waals surface area contributed by atoms with Crippen molar-refractivity contribution in [1.29, 1.82) is 0 Å². The molecule has 2 aromatic rings. The van der Waals surface area contributed by atoms with Crippen LogP contribution >= 0.6 is 11.6 Å². The van der Waals surface area contributed by atoms with Gasteiger partial charge in [0, 0.05) is 23.8 Å². The number of amides is 2. The Morgan fingerprint density at radius 2 is 2.16 bits per heavy atom. The lowest BCUT2D eigenvalue weighted by molar-refractivity contribution is 0.0952. The molecule has 1 aliphatic heterocycles. The highest BCUT2D eigenvalue weighted by atomic mass is 35.5. The number of carbonyl (C=O) groups is 2. The second-order valence-electron chi connectivity index (χ2n) is 5.80. The molecule has 0 unspecified atom stereocenters. The van der Waals surface area contributed by atoms with Gasteiger partial charge in [-0.25, -0.2) is 4.98 Å². The first-order chi connectivity index (χ1) is 12.1. The van der Waals surface area contributed by atoms with Gasteiger partial charge in [0.15, 0.2) is 5.82 Å². The van der Waals surface area contributed by atoms with E-state index in [9.17, 15) is 9.59 Å². The van der Waals surface area contributed by atoms with E-state index in [1.807, 2.05) is 4.57 Å². The number of hydrogen-bond donors (Lipinski definition) is 2. The molecule has 0 bridgehead atoms. The van der Waals surface area contributed by atoms with Gasteiger partial charge in [-0.05, 0) is 37.5 Å². The molecule has 3 rings (SSSR count). The lowest BCUT2D eigenvalue weighted by Crippen LogP contribution is -2.25. The predicted octanol–water partition coefficient (Wildman–Crippen LogP) is 3.04. The van der Waals surface area contributed by atoms with E-state index in [1.165, 1.54) is 0 Å². The number of carbonyl (C=O) groups excluding carboxylic acids is 2. The highest BCUT2D eigenvalue weighted by Gasteiger charge is 2.27. The number of hydrogen-bond acceptors (Lipinski definition) is 3. The van der Waals surface area contributed by atoms with Crippen LogP contribution in [0.4, 0.5) is 5.69 Å². The molecule has 130 valence electrons. The van der Waals surface area contributed by atoms with E-state index < -0.39 is 0 Å². The van der Waals surface area contributed by atoms with Crippen LogP contribution < -0.4 is 10.6 Å². The minimum atomic E-state index is -0.354. The first-order valence-corrected chi connectivity index (χ1v) is 8.53. The van der Waals surface area contributed by atoms with Crippen LogP contribution in [0.5, 0.6) is 0 Å². The normalized spacial score (nSPS) is 13.0. The molecule has 0 radical (unpaired) electrons. The van der Waals surface area contributed by atoms with Crippen LogP contribution in [0.3, 0.4) is 0 Å². The summed E-state index contributed by atoms with van der Waals surface area (Å²) in [6.07, 6.45) is 4.26. The fraction of sp³-hybridized carbons (Fsp3) is 0.278. The van der Waals surface area contributed by atoms with Crippen LogP contribution in [0.1, 0.15) is 39.6 Å². The van der Waals surface area contributed by atoms with Crippen molar-refractivity contribution in [2.24, 2.45) is 0 Å². The molecule has 1 aliphatic rings. The van der Waals surface area contributed by atoms with E-state index in [0.717, 1.165) is 25.0 Å². The molecule has 2 heterocycles. The van der Waals surface area contributed by atoms with Gasteiger partial charge >= 0.3 is 0 Å². The number of fused-ring (bicyclic) bond motifs is 1. The molecule has 6 nitrogen and oxygen atoms in total. The van der Waals surface area contributed by atoms with Crippen molar-refractivity contribution < 1.29 is 9.59 Å². The first-order valence-electron chi connectivity index (χ1n) is 8.15. The van der Waals surface area contributed by atoms with Crippen molar-refractivity contribution in [1.82, 2.24) is 14.9 Å². The summed E-state index contributed by atoms with van der Waals surface area (Å²) in [5.41, 5.74) is 1.71. The van der Waals surface area contributed by atoms with Crippen LogP contribution in [0.2, 0.25) is 5.02 Å². The SMILES string of the molecule is C=CCNC(=O)c1nc(C(=O)Nc2cccc(Cl)c2)n2c1CCCC2. The lowest BCUT2D eigenvalue weighted by atomic mass is 10.1. The summed E-state index contributed by atoms with van der Waals surface area (Å²) in [4.78, 5) is 29.3. The van der Waals surface area contributed by atoms with E-state index >= 15 is 0 Å². The molecule has 1 aromatic heterocycles. The minimum Gasteiger partial charge on any atom is -0.347 e. The maximum absolute atomic E-state index is 12.7. The molecule has 0 atom stereocenters. The van der Waals surface area contributed by atoms with Crippen molar-refractivity contribution in [3.8, 4) is 0 Å². The average Bonchev–Trinajstić information content (AvgIpc) is 2.99. The second kappa shape index (κ2) is 7.53. The molecule has 0 spiro atoms. The number of aromatic nitrogens is 2. The van der Waals surface area contributed by atoms with Gasteiger partial charge in [0.2, 0.25) is 0 Å². The number of halogens is 1. The third-order valence-corrected chi connectivity index (χ3v) is 4.26. The Kier molecular flexibility index (Phi) is 5.19. The zero-order valence-electron chi connectivity index (χ0n) is 13.7. The lowest BCUT2D eigenvalue weighted by Gasteiger charge is -2.17. The molecule has 0 aliphatic carbocycles. The zero-order chi connectivity index (χ0) is 17.8. The Labute approximate surface area is 150 Å². The number of rotatable bonds is 5. The number of imidazole rings is 1. The Bertz CT molecular complexity index is 828. The Morgan fingerprint density at radius 3 is 2.92 bits per heavy atom. The molecule has 2 amide bonds. The fourth-order valence-electron chi connectivity index (χ4n) is 2.90. The third kappa shape index (κ3) is 3.74. The largest absolute Gasteiger partial charge is 0.347 e. The van der Waals surface area contributed by atoms with Gasteiger partial charge in [0.05, 0.1) is 5.69 Å². The standard InChI is InChI=1S/C18H19ClN4O2/c1-2-9-20-17(24)15-14-8-3-4-10-23(14)16(22-15)18(25)21-13-7-5-6-12(19)11-13/h2,5-7,11H,1,3-4,8-10H2,(H,20,24)(H,21,25). The molecule has 0 saturated heterocycles. The summed E-state index contributed by atoms with van der Waals surface area (Å²) >= 11 is 5.95. The summed E-state index contributed by atoms with van der Waals surface area (Å²) in [5.74, 6) is -0.390. The van der Waals surface area contributed by atoms with Gasteiger partial charge in [-0.2, -0.15) is 0 Å². The number of benzene rings is 1. The molecule has 0 fully saturated rings. The molecular formula is C18H19ClN4O2. The van der Waals surface area contributed by atoms with Gasteiger partial charge in [-0.3, -0.25) is 9.59 Å². The van der Waals surface area contributed by atoms with Crippen molar-refractivity contribution >= 4 is 29.1 Å². The maximum atomic E-state index is 12.7. The molecule has 0 saturated carbocycles. The zero-order valence-corrected chi connectivity index (χ0v) is 14.5. The fourth-order valence-corrected chi connectivity index (χ4v) is 3.09. The summed E-state index contributed by atoms with van der Waals surface area (Å²) in [5, 5.41) is 6.05. The van der Waals surface area contributed by atoms with E-state index in [2.05, 4.69) is 22.2 Å². The highest BCUT2D eigenvalue weighted by Crippen LogP contribution is 2.22. The minimum absolute atomic E-state index is 0.249. The van der Waals surface area contributed by atoms with Crippen molar-refractivity contribution in [3.63, 3.8) is 0 Å². The quantitative estimate of drug-likeness (QED) is 0.806. The van der Waals surface area contributed by atoms with Crippen molar-refractivity contribution in [2.45, 2.75) is 25.8 Å². The molecular weight excluding hydrogens is 340 g/mol. The second-order valence-corrected chi connectivity index (χ2v) is 6.24. The summed E-state index contributed by atoms with van der Waals surface area (Å²) < 4.78 is 1.84. The number of nitrogens with zero attached hydrogens (tertiary/aromatic N) is 2. The smallest absolute Gasteiger partial charge is 0.291 e. The molecule has 25 heavy (non-hydrogen) atoms. The van der Waals surface area contributed by atoms with Crippen LogP contribution in [0, 0.1) is 0 Å². The molecule has 2 N–H and O–H groups in total. The molecule has 7 heteroatoms. The van der Waals surface area contributed by atoms with Crippen LogP contribution in [0.25, 0.3) is 0 Å². The van der Waals surface area contributed by atoms with Crippen LogP contribution in [0.15, 0.2) is 36.9 Å². The topological polar surface area (TPSA) is 76.0 Å². The van der Waals surface area contributed by atoms with Crippen LogP contribution in [-0.4, -0.2) is 27.9 Å². The summed E-state index contributed by atoms with van der Waals surface area (Å²) in [7, 11) is 0. The first kappa shape index (κ1) is 17.2. The maximum Gasteiger partial charge on any atom is 0.291 e. The van der Waals surface area contributed by atoms with Crippen molar-refractivity contribution in [2.75, 3.05) is 11.9 Å². The average molecular weight is 359 g/mol. The Hall–Kier alpha value is -2.60. The van der Waals surface area contributed by atoms with Gasteiger partial charge in [0.1, 0.15) is 5.69 Å². The number of anilines is 1. The van der Waals surface area contributed by atoms with E-state index in [-0.39, 0.29) is 17.6 Å².